The molecule has 220 valence electrons. The molecule has 0 spiro atoms. The standard InChI is InChI=1S/C33H34N6O4/c1-6-9-28-22(3)32(40)39(33(28)41)14-8-13-38(25-15-26(42-4)18-27(16-25)43-5)24-10-11-29-30(17-24)36-31(20-34-29)23-19-35-37(21-23)12-7-2/h6,9-11,15-21H,1,3,7-8,12-14H2,2,4-5H3/b28-9+. The van der Waals surface area contributed by atoms with Crippen molar-refractivity contribution in [2.24, 2.45) is 0 Å². The van der Waals surface area contributed by atoms with E-state index in [1.165, 1.54) is 17.1 Å². The summed E-state index contributed by atoms with van der Waals surface area (Å²) in [7, 11) is 3.20. The average Bonchev–Trinajstić information content (AvgIpc) is 3.57. The molecule has 4 aromatic rings. The molecule has 0 atom stereocenters. The Labute approximate surface area is 250 Å². The lowest BCUT2D eigenvalue weighted by atomic mass is 10.1. The SMILES string of the molecule is C=C/C=C1\C(=C)C(=O)N(CCCN(c2cc(OC)cc(OC)c2)c2ccc3ncc(-c4cnn(CCC)c4)nc3c2)C1=O. The van der Waals surface area contributed by atoms with E-state index in [1.807, 2.05) is 41.2 Å². The molecule has 0 saturated carbocycles. The van der Waals surface area contributed by atoms with Crippen LogP contribution in [0, 0.1) is 0 Å². The van der Waals surface area contributed by atoms with Gasteiger partial charge in [-0.15, -0.1) is 0 Å². The number of methoxy groups -OCH3 is 2. The van der Waals surface area contributed by atoms with Crippen molar-refractivity contribution in [3.63, 3.8) is 0 Å². The van der Waals surface area contributed by atoms with E-state index >= 15 is 0 Å². The van der Waals surface area contributed by atoms with Gasteiger partial charge in [0.2, 0.25) is 0 Å². The first-order valence-corrected chi connectivity index (χ1v) is 14.0. The van der Waals surface area contributed by atoms with Crippen molar-refractivity contribution >= 4 is 34.2 Å². The highest BCUT2D eigenvalue weighted by atomic mass is 16.5. The van der Waals surface area contributed by atoms with Crippen LogP contribution in [-0.4, -0.2) is 63.8 Å². The van der Waals surface area contributed by atoms with E-state index in [0.717, 1.165) is 46.6 Å². The van der Waals surface area contributed by atoms with Gasteiger partial charge in [0.25, 0.3) is 11.8 Å². The van der Waals surface area contributed by atoms with E-state index in [2.05, 4.69) is 35.1 Å². The van der Waals surface area contributed by atoms with Crippen LogP contribution in [0.25, 0.3) is 22.3 Å². The van der Waals surface area contributed by atoms with Gasteiger partial charge in [-0.3, -0.25) is 24.2 Å². The van der Waals surface area contributed by atoms with E-state index in [1.54, 1.807) is 32.7 Å². The van der Waals surface area contributed by atoms with Gasteiger partial charge in [0, 0.05) is 66.5 Å². The Hall–Kier alpha value is -5.25. The average molecular weight is 579 g/mol. The highest BCUT2D eigenvalue weighted by Gasteiger charge is 2.36. The maximum atomic E-state index is 12.9. The number of amides is 2. The summed E-state index contributed by atoms with van der Waals surface area (Å²) < 4.78 is 13.0. The molecule has 0 bridgehead atoms. The van der Waals surface area contributed by atoms with Gasteiger partial charge in [0.15, 0.2) is 0 Å². The highest BCUT2D eigenvalue weighted by molar-refractivity contribution is 6.24. The van der Waals surface area contributed by atoms with Gasteiger partial charge in [-0.1, -0.05) is 26.2 Å². The molecule has 2 aromatic carbocycles. The normalized spacial score (nSPS) is 14.2. The Balaban J connectivity index is 1.48. The van der Waals surface area contributed by atoms with Crippen molar-refractivity contribution in [2.75, 3.05) is 32.2 Å². The third-order valence-corrected chi connectivity index (χ3v) is 7.22. The van der Waals surface area contributed by atoms with Gasteiger partial charge in [-0.2, -0.15) is 5.10 Å². The number of aromatic nitrogens is 4. The number of benzene rings is 2. The summed E-state index contributed by atoms with van der Waals surface area (Å²) in [6, 6.07) is 11.5. The molecule has 3 heterocycles. The van der Waals surface area contributed by atoms with Crippen LogP contribution in [0.3, 0.4) is 0 Å². The van der Waals surface area contributed by atoms with E-state index in [4.69, 9.17) is 14.5 Å². The zero-order valence-electron chi connectivity index (χ0n) is 24.6. The number of fused-ring (bicyclic) bond motifs is 1. The number of hydrogen-bond donors (Lipinski definition) is 0. The van der Waals surface area contributed by atoms with Crippen LogP contribution in [0.5, 0.6) is 11.5 Å². The second-order valence-corrected chi connectivity index (χ2v) is 10.1. The predicted molar refractivity (Wildman–Crippen MR) is 166 cm³/mol. The Bertz CT molecular complexity index is 1720. The third kappa shape index (κ3) is 6.04. The van der Waals surface area contributed by atoms with Crippen molar-refractivity contribution in [1.29, 1.82) is 0 Å². The lowest BCUT2D eigenvalue weighted by Gasteiger charge is -2.27. The molecule has 0 radical (unpaired) electrons. The molecule has 0 unspecified atom stereocenters. The predicted octanol–water partition coefficient (Wildman–Crippen LogP) is 5.49. The third-order valence-electron chi connectivity index (χ3n) is 7.22. The second kappa shape index (κ2) is 12.7. The quantitative estimate of drug-likeness (QED) is 0.161. The fourth-order valence-corrected chi connectivity index (χ4v) is 5.03. The summed E-state index contributed by atoms with van der Waals surface area (Å²) >= 11 is 0. The van der Waals surface area contributed by atoms with E-state index in [-0.39, 0.29) is 29.5 Å². The van der Waals surface area contributed by atoms with E-state index in [0.29, 0.717) is 24.5 Å². The molecule has 1 aliphatic rings. The number of likely N-dealkylation sites (tertiary alicyclic amines) is 1. The summed E-state index contributed by atoms with van der Waals surface area (Å²) in [5, 5.41) is 4.43. The van der Waals surface area contributed by atoms with Crippen molar-refractivity contribution in [2.45, 2.75) is 26.3 Å². The molecule has 2 amide bonds. The number of hydrogen-bond acceptors (Lipinski definition) is 8. The van der Waals surface area contributed by atoms with E-state index < -0.39 is 0 Å². The molecule has 10 heteroatoms. The molecular formula is C33H34N6O4. The number of anilines is 2. The molecule has 1 fully saturated rings. The largest absolute Gasteiger partial charge is 0.497 e. The Morgan fingerprint density at radius 3 is 2.42 bits per heavy atom. The van der Waals surface area contributed by atoms with Gasteiger partial charge < -0.3 is 14.4 Å². The summed E-state index contributed by atoms with van der Waals surface area (Å²) in [4.78, 5) is 38.5. The first-order chi connectivity index (χ1) is 20.9. The van der Waals surface area contributed by atoms with Gasteiger partial charge in [0.05, 0.1) is 48.9 Å². The van der Waals surface area contributed by atoms with Crippen LogP contribution >= 0.6 is 0 Å². The van der Waals surface area contributed by atoms with Crippen molar-refractivity contribution in [1.82, 2.24) is 24.6 Å². The molecule has 1 saturated heterocycles. The van der Waals surface area contributed by atoms with E-state index in [9.17, 15) is 9.59 Å². The lowest BCUT2D eigenvalue weighted by Crippen LogP contribution is -2.32. The van der Waals surface area contributed by atoms with Crippen LogP contribution in [0.15, 0.2) is 91.4 Å². The molecule has 2 aromatic heterocycles. The Morgan fingerprint density at radius 1 is 0.953 bits per heavy atom. The van der Waals surface area contributed by atoms with Crippen LogP contribution in [0.4, 0.5) is 11.4 Å². The topological polar surface area (TPSA) is 103 Å². The van der Waals surface area contributed by atoms with Gasteiger partial charge >= 0.3 is 0 Å². The highest BCUT2D eigenvalue weighted by Crippen LogP contribution is 2.34. The van der Waals surface area contributed by atoms with Crippen molar-refractivity contribution < 1.29 is 19.1 Å². The minimum Gasteiger partial charge on any atom is -0.497 e. The first-order valence-electron chi connectivity index (χ1n) is 14.0. The molecule has 5 rings (SSSR count). The van der Waals surface area contributed by atoms with Gasteiger partial charge in [-0.25, -0.2) is 4.98 Å². The van der Waals surface area contributed by atoms with Crippen molar-refractivity contribution in [3.8, 4) is 22.8 Å². The minimum absolute atomic E-state index is 0.184. The summed E-state index contributed by atoms with van der Waals surface area (Å²) in [6.45, 7) is 11.1. The molecular weight excluding hydrogens is 544 g/mol. The smallest absolute Gasteiger partial charge is 0.261 e. The number of imide groups is 1. The van der Waals surface area contributed by atoms with Gasteiger partial charge in [0.1, 0.15) is 11.5 Å². The van der Waals surface area contributed by atoms with Gasteiger partial charge in [-0.05, 0) is 37.1 Å². The lowest BCUT2D eigenvalue weighted by molar-refractivity contribution is -0.136. The fourth-order valence-electron chi connectivity index (χ4n) is 5.03. The monoisotopic (exact) mass is 578 g/mol. The number of carbonyl (C=O) groups excluding carboxylic acids is 2. The molecule has 0 aliphatic carbocycles. The number of allylic oxidation sites excluding steroid dienone is 2. The zero-order chi connectivity index (χ0) is 30.5. The maximum absolute atomic E-state index is 12.9. The van der Waals surface area contributed by atoms with Crippen LogP contribution in [-0.2, 0) is 16.1 Å². The number of nitrogens with zero attached hydrogens (tertiary/aromatic N) is 6. The second-order valence-electron chi connectivity index (χ2n) is 10.1. The van der Waals surface area contributed by atoms with Crippen LogP contribution in [0.2, 0.25) is 0 Å². The Morgan fingerprint density at radius 2 is 1.72 bits per heavy atom. The molecule has 43 heavy (non-hydrogen) atoms. The molecule has 1 aliphatic heterocycles. The summed E-state index contributed by atoms with van der Waals surface area (Å²) in [5.74, 6) is 0.516. The molecule has 0 N–H and O–H groups in total. The van der Waals surface area contributed by atoms with Crippen molar-refractivity contribution in [3.05, 3.63) is 91.4 Å². The Kier molecular flexibility index (Phi) is 8.66. The first kappa shape index (κ1) is 29.2. The van der Waals surface area contributed by atoms with Crippen LogP contribution < -0.4 is 14.4 Å². The number of rotatable bonds is 12. The van der Waals surface area contributed by atoms with Crippen LogP contribution in [0.1, 0.15) is 19.8 Å². The number of aryl methyl sites for hydroxylation is 1. The summed E-state index contributed by atoms with van der Waals surface area (Å²) in [5.41, 5.74) is 5.23. The number of ether oxygens (including phenoxy) is 2. The fraction of sp³-hybridized carbons (Fsp3) is 0.242. The zero-order valence-corrected chi connectivity index (χ0v) is 24.6. The minimum atomic E-state index is -0.386. The number of carbonyl (C=O) groups is 2. The maximum Gasteiger partial charge on any atom is 0.261 e. The summed E-state index contributed by atoms with van der Waals surface area (Å²) in [6.07, 6.45) is 10.0. The molecule has 10 nitrogen and oxygen atoms in total.